The molecule has 0 amide bonds. The fraction of sp³-hybridized carbons (Fsp3) is 0.296. The molecular weight excluding hydrogens is 516 g/mol. The third-order valence-corrected chi connectivity index (χ3v) is 7.04. The third kappa shape index (κ3) is 5.14. The molecule has 2 aromatic carbocycles. The fourth-order valence-electron chi connectivity index (χ4n) is 4.19. The number of methoxy groups -OCH3 is 2. The van der Waals surface area contributed by atoms with E-state index in [0.717, 1.165) is 5.56 Å². The maximum Gasteiger partial charge on any atom is 0.338 e. The average Bonchev–Trinajstić information content (AvgIpc) is 3.17. The van der Waals surface area contributed by atoms with Gasteiger partial charge in [-0.3, -0.25) is 9.36 Å². The van der Waals surface area contributed by atoms with E-state index in [1.807, 2.05) is 31.2 Å². The van der Waals surface area contributed by atoms with Crippen LogP contribution in [0.5, 0.6) is 17.2 Å². The summed E-state index contributed by atoms with van der Waals surface area (Å²) in [5, 5.41) is 0.355. The molecule has 0 N–H and O–H groups in total. The molecule has 10 heteroatoms. The van der Waals surface area contributed by atoms with Crippen molar-refractivity contribution in [1.82, 2.24) is 4.57 Å². The van der Waals surface area contributed by atoms with Crippen molar-refractivity contribution in [2.24, 2.45) is 4.99 Å². The van der Waals surface area contributed by atoms with Gasteiger partial charge >= 0.3 is 5.97 Å². The van der Waals surface area contributed by atoms with Gasteiger partial charge in [-0.25, -0.2) is 9.79 Å². The standard InChI is InChI=1S/C27H27ClN2O6S/c1-6-35-18-10-8-17(9-11-18)23-22(26(32)36-7-2)15(3)29-27-30(23)25(31)21(37-27)14-16-12-19(28)24(34-5)20(13-16)33-4/h8-14,23H,6-7H2,1-5H3/t23-/m1/s1. The summed E-state index contributed by atoms with van der Waals surface area (Å²) in [4.78, 5) is 31.9. The summed E-state index contributed by atoms with van der Waals surface area (Å²) in [5.41, 5.74) is 1.93. The molecule has 0 bridgehead atoms. The molecule has 0 unspecified atom stereocenters. The number of esters is 1. The highest BCUT2D eigenvalue weighted by atomic mass is 35.5. The van der Waals surface area contributed by atoms with E-state index in [1.165, 1.54) is 30.1 Å². The van der Waals surface area contributed by atoms with Gasteiger partial charge in [0.25, 0.3) is 5.56 Å². The van der Waals surface area contributed by atoms with Crippen molar-refractivity contribution < 1.29 is 23.7 Å². The van der Waals surface area contributed by atoms with Crippen molar-refractivity contribution in [2.75, 3.05) is 27.4 Å². The largest absolute Gasteiger partial charge is 0.494 e. The van der Waals surface area contributed by atoms with E-state index in [4.69, 9.17) is 30.5 Å². The van der Waals surface area contributed by atoms with Crippen LogP contribution in [0.2, 0.25) is 5.02 Å². The number of ether oxygens (including phenoxy) is 4. The quantitative estimate of drug-likeness (QED) is 0.402. The molecule has 37 heavy (non-hydrogen) atoms. The van der Waals surface area contributed by atoms with Crippen LogP contribution < -0.4 is 29.1 Å². The first-order chi connectivity index (χ1) is 17.8. The molecule has 2 heterocycles. The number of fused-ring (bicyclic) bond motifs is 1. The number of thiazole rings is 1. The smallest absolute Gasteiger partial charge is 0.338 e. The Hall–Kier alpha value is -3.56. The van der Waals surface area contributed by atoms with E-state index in [1.54, 1.807) is 32.1 Å². The summed E-state index contributed by atoms with van der Waals surface area (Å²) in [7, 11) is 3.02. The van der Waals surface area contributed by atoms with Gasteiger partial charge in [0.15, 0.2) is 16.3 Å². The molecule has 0 saturated carbocycles. The molecular formula is C27H27ClN2O6S. The SMILES string of the molecule is CCOC(=O)C1=C(C)N=c2sc(=Cc3cc(Cl)c(OC)c(OC)c3)c(=O)n2[C@@H]1c1ccc(OCC)cc1. The topological polar surface area (TPSA) is 88.4 Å². The van der Waals surface area contributed by atoms with Gasteiger partial charge in [0, 0.05) is 0 Å². The third-order valence-electron chi connectivity index (χ3n) is 5.78. The molecule has 1 aliphatic rings. The summed E-state index contributed by atoms with van der Waals surface area (Å²) >= 11 is 7.60. The second kappa shape index (κ2) is 11.2. The van der Waals surface area contributed by atoms with E-state index in [9.17, 15) is 9.59 Å². The molecule has 8 nitrogen and oxygen atoms in total. The number of hydrogen-bond acceptors (Lipinski definition) is 8. The maximum atomic E-state index is 13.8. The van der Waals surface area contributed by atoms with Gasteiger partial charge in [0.2, 0.25) is 0 Å². The number of benzene rings is 2. The van der Waals surface area contributed by atoms with Crippen LogP contribution in [0.4, 0.5) is 0 Å². The Bertz CT molecular complexity index is 1540. The second-order valence-electron chi connectivity index (χ2n) is 8.04. The van der Waals surface area contributed by atoms with Gasteiger partial charge in [-0.15, -0.1) is 0 Å². The minimum Gasteiger partial charge on any atom is -0.494 e. The Morgan fingerprint density at radius 2 is 1.86 bits per heavy atom. The first-order valence-electron chi connectivity index (χ1n) is 11.7. The number of carbonyl (C=O) groups is 1. The summed E-state index contributed by atoms with van der Waals surface area (Å²) in [6.45, 7) is 6.13. The minimum absolute atomic E-state index is 0.204. The highest BCUT2D eigenvalue weighted by Gasteiger charge is 2.33. The van der Waals surface area contributed by atoms with E-state index in [-0.39, 0.29) is 12.2 Å². The number of carbonyl (C=O) groups excluding carboxylic acids is 1. The first kappa shape index (κ1) is 26.5. The van der Waals surface area contributed by atoms with Gasteiger partial charge in [-0.2, -0.15) is 0 Å². The number of nitrogens with zero attached hydrogens (tertiary/aromatic N) is 2. The van der Waals surface area contributed by atoms with Crippen molar-refractivity contribution in [3.8, 4) is 17.2 Å². The lowest BCUT2D eigenvalue weighted by atomic mass is 9.96. The van der Waals surface area contributed by atoms with Crippen molar-refractivity contribution in [3.05, 3.63) is 83.5 Å². The zero-order chi connectivity index (χ0) is 26.7. The molecule has 1 atom stereocenters. The Labute approximate surface area is 223 Å². The summed E-state index contributed by atoms with van der Waals surface area (Å²) in [5.74, 6) is 1.04. The van der Waals surface area contributed by atoms with Crippen LogP contribution in [0.25, 0.3) is 6.08 Å². The van der Waals surface area contributed by atoms with E-state index >= 15 is 0 Å². The van der Waals surface area contributed by atoms with Crippen LogP contribution in [0.1, 0.15) is 37.9 Å². The highest BCUT2D eigenvalue weighted by Crippen LogP contribution is 2.36. The van der Waals surface area contributed by atoms with Gasteiger partial charge in [-0.05, 0) is 62.2 Å². The lowest BCUT2D eigenvalue weighted by molar-refractivity contribution is -0.139. The van der Waals surface area contributed by atoms with Gasteiger partial charge in [0.1, 0.15) is 5.75 Å². The number of halogens is 1. The highest BCUT2D eigenvalue weighted by molar-refractivity contribution is 7.07. The van der Waals surface area contributed by atoms with Gasteiger partial charge < -0.3 is 18.9 Å². The van der Waals surface area contributed by atoms with Gasteiger partial charge in [-0.1, -0.05) is 35.1 Å². The summed E-state index contributed by atoms with van der Waals surface area (Å²) in [6, 6.07) is 10.1. The monoisotopic (exact) mass is 542 g/mol. The molecule has 1 aliphatic heterocycles. The van der Waals surface area contributed by atoms with Crippen molar-refractivity contribution >= 4 is 35.0 Å². The molecule has 0 saturated heterocycles. The first-order valence-corrected chi connectivity index (χ1v) is 12.9. The van der Waals surface area contributed by atoms with Crippen molar-refractivity contribution in [1.29, 1.82) is 0 Å². The Morgan fingerprint density at radius 3 is 2.49 bits per heavy atom. The van der Waals surface area contributed by atoms with Crippen LogP contribution in [-0.4, -0.2) is 38.0 Å². The van der Waals surface area contributed by atoms with Crippen LogP contribution in [0.15, 0.2) is 57.5 Å². The molecule has 3 aromatic rings. The van der Waals surface area contributed by atoms with E-state index in [2.05, 4.69) is 4.99 Å². The molecule has 0 radical (unpaired) electrons. The van der Waals surface area contributed by atoms with Crippen molar-refractivity contribution in [3.63, 3.8) is 0 Å². The Morgan fingerprint density at radius 1 is 1.14 bits per heavy atom. The van der Waals surface area contributed by atoms with Crippen LogP contribution in [0.3, 0.4) is 0 Å². The molecule has 194 valence electrons. The number of aromatic nitrogens is 1. The zero-order valence-electron chi connectivity index (χ0n) is 21.2. The zero-order valence-corrected chi connectivity index (χ0v) is 22.7. The number of allylic oxidation sites excluding steroid dienone is 1. The number of rotatable bonds is 8. The molecule has 0 spiro atoms. The second-order valence-corrected chi connectivity index (χ2v) is 9.46. The lowest BCUT2D eigenvalue weighted by Gasteiger charge is -2.24. The Balaban J connectivity index is 1.91. The predicted molar refractivity (Wildman–Crippen MR) is 143 cm³/mol. The van der Waals surface area contributed by atoms with Crippen molar-refractivity contribution in [2.45, 2.75) is 26.8 Å². The molecule has 1 aromatic heterocycles. The Kier molecular flexibility index (Phi) is 8.04. The summed E-state index contributed by atoms with van der Waals surface area (Å²) in [6.07, 6.45) is 1.72. The van der Waals surface area contributed by atoms with E-state index < -0.39 is 12.0 Å². The maximum absolute atomic E-state index is 13.8. The molecule has 0 fully saturated rings. The fourth-order valence-corrected chi connectivity index (χ4v) is 5.54. The predicted octanol–water partition coefficient (Wildman–Crippen LogP) is 3.87. The lowest BCUT2D eigenvalue weighted by Crippen LogP contribution is -2.39. The average molecular weight is 543 g/mol. The normalized spacial score (nSPS) is 15.2. The molecule has 0 aliphatic carbocycles. The van der Waals surface area contributed by atoms with Crippen LogP contribution >= 0.6 is 22.9 Å². The summed E-state index contributed by atoms with van der Waals surface area (Å²) < 4.78 is 23.6. The van der Waals surface area contributed by atoms with Gasteiger partial charge in [0.05, 0.1) is 54.3 Å². The number of hydrogen-bond donors (Lipinski definition) is 0. The minimum atomic E-state index is -0.706. The van der Waals surface area contributed by atoms with E-state index in [0.29, 0.717) is 55.0 Å². The molecule has 4 rings (SSSR count). The van der Waals surface area contributed by atoms with Crippen LogP contribution in [-0.2, 0) is 9.53 Å². The van der Waals surface area contributed by atoms with Crippen LogP contribution in [0, 0.1) is 0 Å².